The van der Waals surface area contributed by atoms with Crippen molar-refractivity contribution < 1.29 is 9.47 Å². The molecule has 1 aliphatic heterocycles. The first-order chi connectivity index (χ1) is 5.38. The first-order valence-electron chi connectivity index (χ1n) is 3.59. The largest absolute Gasteiger partial charge is 0.355 e. The van der Waals surface area contributed by atoms with Gasteiger partial charge in [-0.05, 0) is 0 Å². The van der Waals surface area contributed by atoms with Gasteiger partial charge in [-0.3, -0.25) is 5.32 Å². The quantitative estimate of drug-likeness (QED) is 0.452. The van der Waals surface area contributed by atoms with Crippen LogP contribution >= 0.6 is 0 Å². The van der Waals surface area contributed by atoms with Crippen molar-refractivity contribution in [1.29, 1.82) is 0 Å². The Kier molecular flexibility index (Phi) is 3.29. The molecule has 1 heterocycles. The van der Waals surface area contributed by atoms with E-state index in [0.717, 1.165) is 0 Å². The third-order valence-electron chi connectivity index (χ3n) is 1.28. The molecule has 2 unspecified atom stereocenters. The van der Waals surface area contributed by atoms with E-state index in [9.17, 15) is 0 Å². The van der Waals surface area contributed by atoms with Crippen molar-refractivity contribution in [2.45, 2.75) is 12.5 Å². The van der Waals surface area contributed by atoms with Gasteiger partial charge in [-0.2, -0.15) is 0 Å². The Morgan fingerprint density at radius 3 is 1.91 bits per heavy atom. The van der Waals surface area contributed by atoms with Crippen LogP contribution in [0, 0.1) is 0 Å². The summed E-state index contributed by atoms with van der Waals surface area (Å²) in [5.41, 5.74) is 0. The van der Waals surface area contributed by atoms with Crippen molar-refractivity contribution in [1.82, 2.24) is 5.32 Å². The summed E-state index contributed by atoms with van der Waals surface area (Å²) in [4.78, 5) is 0. The van der Waals surface area contributed by atoms with Crippen molar-refractivity contribution in [2.24, 2.45) is 0 Å². The molecule has 3 nitrogen and oxygen atoms in total. The Bertz CT molecular complexity index is 131. The highest BCUT2D eigenvalue weighted by atomic mass is 16.6. The number of ether oxygens (including phenoxy) is 2. The van der Waals surface area contributed by atoms with Crippen LogP contribution in [0.15, 0.2) is 25.3 Å². The van der Waals surface area contributed by atoms with E-state index in [0.29, 0.717) is 13.2 Å². The zero-order valence-corrected chi connectivity index (χ0v) is 6.45. The van der Waals surface area contributed by atoms with E-state index in [-0.39, 0.29) is 12.5 Å². The maximum atomic E-state index is 5.22. The molecule has 0 aromatic carbocycles. The van der Waals surface area contributed by atoms with Gasteiger partial charge in [0.25, 0.3) is 0 Å². The number of hydrogen-bond donors (Lipinski definition) is 1. The molecule has 11 heavy (non-hydrogen) atoms. The fourth-order valence-corrected chi connectivity index (χ4v) is 0.721. The van der Waals surface area contributed by atoms with E-state index in [2.05, 4.69) is 18.5 Å². The molecule has 0 radical (unpaired) electrons. The van der Waals surface area contributed by atoms with Crippen molar-refractivity contribution in [2.75, 3.05) is 13.2 Å². The summed E-state index contributed by atoms with van der Waals surface area (Å²) in [6, 6.07) is 0. The van der Waals surface area contributed by atoms with Crippen LogP contribution in [-0.4, -0.2) is 25.7 Å². The lowest BCUT2D eigenvalue weighted by atomic mass is 10.6. The fraction of sp³-hybridized carbons (Fsp3) is 0.500. The second kappa shape index (κ2) is 4.28. The molecule has 0 bridgehead atoms. The van der Waals surface area contributed by atoms with Crippen molar-refractivity contribution in [3.8, 4) is 0 Å². The summed E-state index contributed by atoms with van der Waals surface area (Å²) in [5.74, 6) is 0. The maximum Gasteiger partial charge on any atom is 0.150 e. The molecule has 1 N–H and O–H groups in total. The van der Waals surface area contributed by atoms with Crippen molar-refractivity contribution in [3.63, 3.8) is 0 Å². The standard InChI is InChI=1S/C8H13NO2/c1-3-5-10-7-8(9-7)11-6-4-2/h3-4,7-9H,1-2,5-6H2. The summed E-state index contributed by atoms with van der Waals surface area (Å²) < 4.78 is 10.4. The molecule has 62 valence electrons. The van der Waals surface area contributed by atoms with E-state index in [1.54, 1.807) is 12.2 Å². The monoisotopic (exact) mass is 155 g/mol. The number of nitrogens with one attached hydrogen (secondary N) is 1. The minimum Gasteiger partial charge on any atom is -0.355 e. The van der Waals surface area contributed by atoms with Crippen LogP contribution < -0.4 is 5.32 Å². The smallest absolute Gasteiger partial charge is 0.150 e. The van der Waals surface area contributed by atoms with Gasteiger partial charge < -0.3 is 9.47 Å². The Labute approximate surface area is 66.7 Å². The lowest BCUT2D eigenvalue weighted by Crippen LogP contribution is -2.03. The Morgan fingerprint density at radius 1 is 1.09 bits per heavy atom. The summed E-state index contributed by atoms with van der Waals surface area (Å²) in [6.45, 7) is 8.20. The normalized spacial score (nSPS) is 28.0. The molecule has 0 spiro atoms. The predicted octanol–water partition coefficient (Wildman–Crippen LogP) is 0.647. The Hall–Kier alpha value is -0.640. The number of hydrogen-bond acceptors (Lipinski definition) is 3. The summed E-state index contributed by atoms with van der Waals surface area (Å²) >= 11 is 0. The maximum absolute atomic E-state index is 5.22. The topological polar surface area (TPSA) is 40.4 Å². The van der Waals surface area contributed by atoms with Crippen molar-refractivity contribution in [3.05, 3.63) is 25.3 Å². The summed E-state index contributed by atoms with van der Waals surface area (Å²) in [6.07, 6.45) is 3.52. The Balaban J connectivity index is 1.97. The van der Waals surface area contributed by atoms with E-state index in [1.807, 2.05) is 0 Å². The first kappa shape index (κ1) is 8.46. The van der Waals surface area contributed by atoms with Crippen LogP contribution in [0.3, 0.4) is 0 Å². The molecule has 1 fully saturated rings. The van der Waals surface area contributed by atoms with Gasteiger partial charge in [0.2, 0.25) is 0 Å². The lowest BCUT2D eigenvalue weighted by molar-refractivity contribution is 0.0659. The van der Waals surface area contributed by atoms with Gasteiger partial charge in [0.05, 0.1) is 13.2 Å². The van der Waals surface area contributed by atoms with E-state index < -0.39 is 0 Å². The van der Waals surface area contributed by atoms with E-state index >= 15 is 0 Å². The fourth-order valence-electron chi connectivity index (χ4n) is 0.721. The lowest BCUT2D eigenvalue weighted by Gasteiger charge is -1.96. The molecule has 0 aliphatic carbocycles. The van der Waals surface area contributed by atoms with E-state index in [1.165, 1.54) is 0 Å². The highest BCUT2D eigenvalue weighted by Crippen LogP contribution is 2.13. The molecule has 3 heteroatoms. The van der Waals surface area contributed by atoms with Gasteiger partial charge >= 0.3 is 0 Å². The van der Waals surface area contributed by atoms with Gasteiger partial charge in [-0.25, -0.2) is 0 Å². The van der Waals surface area contributed by atoms with Crippen LogP contribution in [0.2, 0.25) is 0 Å². The average Bonchev–Trinajstić information content (AvgIpc) is 2.76. The van der Waals surface area contributed by atoms with Crippen LogP contribution in [0.25, 0.3) is 0 Å². The van der Waals surface area contributed by atoms with Gasteiger partial charge in [-0.15, -0.1) is 13.2 Å². The molecule has 0 amide bonds. The molecule has 2 atom stereocenters. The van der Waals surface area contributed by atoms with Gasteiger partial charge in [-0.1, -0.05) is 12.2 Å². The van der Waals surface area contributed by atoms with Gasteiger partial charge in [0, 0.05) is 0 Å². The highest BCUT2D eigenvalue weighted by Gasteiger charge is 2.37. The molecule has 0 aromatic heterocycles. The predicted molar refractivity (Wildman–Crippen MR) is 43.0 cm³/mol. The van der Waals surface area contributed by atoms with Crippen LogP contribution in [0.5, 0.6) is 0 Å². The van der Waals surface area contributed by atoms with Gasteiger partial charge in [0.15, 0.2) is 12.5 Å². The molecule has 1 rings (SSSR count). The van der Waals surface area contributed by atoms with Crippen LogP contribution in [-0.2, 0) is 9.47 Å². The third-order valence-corrected chi connectivity index (χ3v) is 1.28. The zero-order chi connectivity index (χ0) is 8.10. The molecular formula is C8H13NO2. The van der Waals surface area contributed by atoms with Gasteiger partial charge in [0.1, 0.15) is 0 Å². The van der Waals surface area contributed by atoms with Crippen LogP contribution in [0.1, 0.15) is 0 Å². The Morgan fingerprint density at radius 2 is 1.55 bits per heavy atom. The van der Waals surface area contributed by atoms with Crippen LogP contribution in [0.4, 0.5) is 0 Å². The minimum absolute atomic E-state index is 0.0490. The minimum atomic E-state index is 0.0490. The SMILES string of the molecule is C=CCOC1NC1OCC=C. The average molecular weight is 155 g/mol. The first-order valence-corrected chi connectivity index (χ1v) is 3.59. The zero-order valence-electron chi connectivity index (χ0n) is 6.45. The molecular weight excluding hydrogens is 142 g/mol. The molecule has 0 saturated carbocycles. The van der Waals surface area contributed by atoms with Crippen molar-refractivity contribution >= 4 is 0 Å². The molecule has 0 aromatic rings. The number of rotatable bonds is 6. The van der Waals surface area contributed by atoms with E-state index in [4.69, 9.17) is 9.47 Å². The molecule has 1 aliphatic rings. The summed E-state index contributed by atoms with van der Waals surface area (Å²) in [7, 11) is 0. The highest BCUT2D eigenvalue weighted by molar-refractivity contribution is 4.84. The summed E-state index contributed by atoms with van der Waals surface area (Å²) in [5, 5.41) is 3.00. The molecule has 1 saturated heterocycles. The second-order valence-corrected chi connectivity index (χ2v) is 2.25. The second-order valence-electron chi connectivity index (χ2n) is 2.25. The third kappa shape index (κ3) is 2.84.